The van der Waals surface area contributed by atoms with Crippen molar-refractivity contribution in [3.8, 4) is 11.5 Å². The normalized spacial score (nSPS) is 11.1. The van der Waals surface area contributed by atoms with E-state index >= 15 is 0 Å². The van der Waals surface area contributed by atoms with Crippen molar-refractivity contribution >= 4 is 22.7 Å². The molecule has 2 heterocycles. The maximum Gasteiger partial charge on any atom is 0.360 e. The van der Waals surface area contributed by atoms with Crippen LogP contribution in [0.15, 0.2) is 8.83 Å². The van der Waals surface area contributed by atoms with Gasteiger partial charge in [-0.1, -0.05) is 0 Å². The highest BCUT2D eigenvalue weighted by Gasteiger charge is 2.27. The first-order valence-electron chi connectivity index (χ1n) is 8.19. The first kappa shape index (κ1) is 18.5. The molecule has 0 aliphatic carbocycles. The number of benzene rings is 1. The number of rotatable bonds is 4. The van der Waals surface area contributed by atoms with Crippen molar-refractivity contribution < 1.29 is 33.4 Å². The molecule has 8 heteroatoms. The summed E-state index contributed by atoms with van der Waals surface area (Å²) in [4.78, 5) is 27.9. The molecule has 0 bridgehead atoms. The predicted molar refractivity (Wildman–Crippen MR) is 94.4 cm³/mol. The van der Waals surface area contributed by atoms with E-state index in [0.29, 0.717) is 22.6 Å². The van der Waals surface area contributed by atoms with Gasteiger partial charge in [-0.05, 0) is 20.8 Å². The van der Waals surface area contributed by atoms with Gasteiger partial charge in [-0.3, -0.25) is 4.79 Å². The van der Waals surface area contributed by atoms with Crippen LogP contribution < -0.4 is 0 Å². The number of carbonyl (C=O) groups is 2. The molecule has 0 radical (unpaired) electrons. The van der Waals surface area contributed by atoms with Crippen LogP contribution in [0, 0.1) is 20.8 Å². The number of ether oxygens (including phenoxy) is 1. The number of ketones is 1. The molecule has 0 saturated carbocycles. The van der Waals surface area contributed by atoms with E-state index < -0.39 is 11.8 Å². The molecule has 0 spiro atoms. The lowest BCUT2D eigenvalue weighted by Crippen LogP contribution is -2.05. The number of esters is 1. The van der Waals surface area contributed by atoms with Crippen LogP contribution in [0.1, 0.15) is 56.3 Å². The highest BCUT2D eigenvalue weighted by atomic mass is 16.5. The predicted octanol–water partition coefficient (Wildman–Crippen LogP) is 3.34. The average molecular weight is 373 g/mol. The van der Waals surface area contributed by atoms with Crippen molar-refractivity contribution in [3.63, 3.8) is 0 Å². The van der Waals surface area contributed by atoms with E-state index in [1.807, 2.05) is 0 Å². The first-order chi connectivity index (χ1) is 12.7. The summed E-state index contributed by atoms with van der Waals surface area (Å²) in [6, 6.07) is 0. The number of aryl methyl sites for hydroxylation is 2. The van der Waals surface area contributed by atoms with Gasteiger partial charge in [-0.2, -0.15) is 0 Å². The van der Waals surface area contributed by atoms with Gasteiger partial charge in [0.15, 0.2) is 23.0 Å². The molecule has 0 saturated heterocycles. The van der Waals surface area contributed by atoms with E-state index in [1.165, 1.54) is 21.0 Å². The summed E-state index contributed by atoms with van der Waals surface area (Å²) in [5, 5.41) is 21.0. The van der Waals surface area contributed by atoms with E-state index in [9.17, 15) is 19.8 Å². The van der Waals surface area contributed by atoms with Crippen LogP contribution in [0.5, 0.6) is 11.5 Å². The van der Waals surface area contributed by atoms with Crippen LogP contribution in [-0.4, -0.2) is 34.1 Å². The molecule has 2 N–H and O–H groups in total. The maximum absolute atomic E-state index is 12.0. The van der Waals surface area contributed by atoms with Crippen molar-refractivity contribution in [2.24, 2.45) is 0 Å². The number of aromatic hydroxyl groups is 2. The van der Waals surface area contributed by atoms with Gasteiger partial charge >= 0.3 is 5.97 Å². The SMILES string of the molecule is COC(=O)c1nc(C)oc1Cc1oc2c(C(C)=O)c(O)c(C)c(O)c2c1C. The molecule has 3 rings (SSSR count). The Morgan fingerprint density at radius 2 is 1.70 bits per heavy atom. The number of phenolic OH excluding ortho intramolecular Hbond substituents is 2. The Balaban J connectivity index is 2.22. The van der Waals surface area contributed by atoms with E-state index in [4.69, 9.17) is 13.6 Å². The average Bonchev–Trinajstić information content (AvgIpc) is 3.12. The summed E-state index contributed by atoms with van der Waals surface area (Å²) < 4.78 is 16.0. The monoisotopic (exact) mass is 373 g/mol. The minimum atomic E-state index is -0.642. The van der Waals surface area contributed by atoms with Crippen LogP contribution in [-0.2, 0) is 11.2 Å². The third-order valence-electron chi connectivity index (χ3n) is 4.51. The zero-order chi connectivity index (χ0) is 20.0. The zero-order valence-corrected chi connectivity index (χ0v) is 15.6. The Kier molecular flexibility index (Phi) is 4.43. The topological polar surface area (TPSA) is 123 Å². The molecule has 1 aromatic carbocycles. The molecule has 27 heavy (non-hydrogen) atoms. The van der Waals surface area contributed by atoms with Crippen molar-refractivity contribution in [2.75, 3.05) is 7.11 Å². The molecule has 0 fully saturated rings. The fourth-order valence-electron chi connectivity index (χ4n) is 3.10. The number of oxazole rings is 1. The Hall–Kier alpha value is -3.29. The molecule has 0 aliphatic rings. The Morgan fingerprint density at radius 3 is 2.30 bits per heavy atom. The second-order valence-corrected chi connectivity index (χ2v) is 6.28. The Labute approximate surface area is 154 Å². The number of hydrogen-bond donors (Lipinski definition) is 2. The minimum Gasteiger partial charge on any atom is -0.507 e. The highest BCUT2D eigenvalue weighted by molar-refractivity contribution is 6.10. The number of fused-ring (bicyclic) bond motifs is 1. The lowest BCUT2D eigenvalue weighted by molar-refractivity contribution is 0.0592. The standard InChI is InChI=1S/C19H19NO7/c1-7-11(6-12-15(19(24)25-5)20-10(4)26-12)27-18-13(7)16(22)8(2)17(23)14(18)9(3)21/h22-23H,6H2,1-5H3. The minimum absolute atomic E-state index is 0.00316. The number of hydrogen-bond acceptors (Lipinski definition) is 8. The van der Waals surface area contributed by atoms with E-state index in [2.05, 4.69) is 4.98 Å². The number of aromatic nitrogens is 1. The van der Waals surface area contributed by atoms with Crippen LogP contribution >= 0.6 is 0 Å². The number of methoxy groups -OCH3 is 1. The molecule has 142 valence electrons. The van der Waals surface area contributed by atoms with Gasteiger partial charge in [-0.15, -0.1) is 0 Å². The summed E-state index contributed by atoms with van der Waals surface area (Å²) in [5.74, 6) is -0.621. The van der Waals surface area contributed by atoms with E-state index in [1.54, 1.807) is 13.8 Å². The summed E-state index contributed by atoms with van der Waals surface area (Å²) >= 11 is 0. The van der Waals surface area contributed by atoms with E-state index in [-0.39, 0.29) is 46.1 Å². The smallest absolute Gasteiger partial charge is 0.360 e. The van der Waals surface area contributed by atoms with Crippen molar-refractivity contribution in [1.29, 1.82) is 0 Å². The summed E-state index contributed by atoms with van der Waals surface area (Å²) in [5.41, 5.74) is 0.875. The molecule has 8 nitrogen and oxygen atoms in total. The lowest BCUT2D eigenvalue weighted by Gasteiger charge is -2.08. The van der Waals surface area contributed by atoms with Crippen molar-refractivity contribution in [3.05, 3.63) is 39.8 Å². The van der Waals surface area contributed by atoms with Gasteiger partial charge < -0.3 is 23.8 Å². The number of furan rings is 1. The zero-order valence-electron chi connectivity index (χ0n) is 15.6. The summed E-state index contributed by atoms with van der Waals surface area (Å²) in [7, 11) is 1.24. The molecule has 0 amide bonds. The van der Waals surface area contributed by atoms with Gasteiger partial charge in [0.25, 0.3) is 0 Å². The van der Waals surface area contributed by atoms with Crippen molar-refractivity contribution in [1.82, 2.24) is 4.98 Å². The van der Waals surface area contributed by atoms with Crippen LogP contribution in [0.4, 0.5) is 0 Å². The lowest BCUT2D eigenvalue weighted by atomic mass is 9.99. The molecule has 0 aliphatic heterocycles. The molecular formula is C19H19NO7. The molecule has 2 aromatic heterocycles. The second kappa shape index (κ2) is 6.46. The third kappa shape index (κ3) is 2.83. The number of carbonyl (C=O) groups excluding carboxylic acids is 2. The van der Waals surface area contributed by atoms with Gasteiger partial charge in [-0.25, -0.2) is 9.78 Å². The van der Waals surface area contributed by atoms with Crippen LogP contribution in [0.25, 0.3) is 11.0 Å². The summed E-state index contributed by atoms with van der Waals surface area (Å²) in [6.07, 6.45) is 0.0579. The van der Waals surface area contributed by atoms with Crippen LogP contribution in [0.3, 0.4) is 0 Å². The second-order valence-electron chi connectivity index (χ2n) is 6.28. The number of nitrogens with zero attached hydrogens (tertiary/aromatic N) is 1. The number of Topliss-reactive ketones (excluding diaryl/α,β-unsaturated/α-hetero) is 1. The Morgan fingerprint density at radius 1 is 1.04 bits per heavy atom. The number of phenols is 2. The molecule has 0 atom stereocenters. The molecule has 0 unspecified atom stereocenters. The first-order valence-corrected chi connectivity index (χ1v) is 8.19. The highest BCUT2D eigenvalue weighted by Crippen LogP contribution is 2.43. The van der Waals surface area contributed by atoms with Gasteiger partial charge in [0, 0.05) is 18.1 Å². The Bertz CT molecular complexity index is 1090. The quantitative estimate of drug-likeness (QED) is 0.527. The van der Waals surface area contributed by atoms with Gasteiger partial charge in [0.1, 0.15) is 28.6 Å². The van der Waals surface area contributed by atoms with Crippen LogP contribution in [0.2, 0.25) is 0 Å². The largest absolute Gasteiger partial charge is 0.507 e. The van der Waals surface area contributed by atoms with Gasteiger partial charge in [0.05, 0.1) is 18.9 Å². The molecule has 3 aromatic rings. The summed E-state index contributed by atoms with van der Waals surface area (Å²) in [6.45, 7) is 6.13. The third-order valence-corrected chi connectivity index (χ3v) is 4.51. The fraction of sp³-hybridized carbons (Fsp3) is 0.316. The van der Waals surface area contributed by atoms with Crippen molar-refractivity contribution in [2.45, 2.75) is 34.1 Å². The maximum atomic E-state index is 12.0. The molecular weight excluding hydrogens is 354 g/mol. The fourth-order valence-corrected chi connectivity index (χ4v) is 3.10. The van der Waals surface area contributed by atoms with Gasteiger partial charge in [0.2, 0.25) is 0 Å². The van der Waals surface area contributed by atoms with E-state index in [0.717, 1.165) is 0 Å².